The normalized spacial score (nSPS) is 15.7. The van der Waals surface area contributed by atoms with E-state index in [0.717, 1.165) is 42.8 Å². The van der Waals surface area contributed by atoms with Gasteiger partial charge in [0.1, 0.15) is 17.5 Å². The van der Waals surface area contributed by atoms with Gasteiger partial charge in [-0.1, -0.05) is 19.8 Å². The zero-order valence-corrected chi connectivity index (χ0v) is 12.4. The molecule has 0 bridgehead atoms. The maximum Gasteiger partial charge on any atom is 0.134 e. The molecule has 0 aliphatic heterocycles. The highest BCUT2D eigenvalue weighted by atomic mass is 15.2. The van der Waals surface area contributed by atoms with Crippen LogP contribution in [0.3, 0.4) is 0 Å². The first-order chi connectivity index (χ1) is 9.22. The van der Waals surface area contributed by atoms with Crippen LogP contribution in [-0.4, -0.2) is 30.6 Å². The summed E-state index contributed by atoms with van der Waals surface area (Å²) in [6.45, 7) is 3.28. The van der Waals surface area contributed by atoms with Crippen molar-refractivity contribution in [3.8, 4) is 0 Å². The quantitative estimate of drug-likeness (QED) is 0.855. The predicted molar refractivity (Wildman–Crippen MR) is 80.8 cm³/mol. The average molecular weight is 262 g/mol. The van der Waals surface area contributed by atoms with Gasteiger partial charge in [0.25, 0.3) is 0 Å². The molecule has 1 aliphatic carbocycles. The predicted octanol–water partition coefficient (Wildman–Crippen LogP) is 3.10. The summed E-state index contributed by atoms with van der Waals surface area (Å²) in [5.41, 5.74) is 0. The van der Waals surface area contributed by atoms with Crippen LogP contribution in [0.25, 0.3) is 0 Å². The lowest BCUT2D eigenvalue weighted by Crippen LogP contribution is -2.25. The molecule has 4 heteroatoms. The average Bonchev–Trinajstić information content (AvgIpc) is 2.91. The number of hydrogen-bond donors (Lipinski definition) is 1. The summed E-state index contributed by atoms with van der Waals surface area (Å²) < 4.78 is 0. The van der Waals surface area contributed by atoms with Gasteiger partial charge in [-0.3, -0.25) is 0 Å². The number of nitrogens with zero attached hydrogens (tertiary/aromatic N) is 3. The number of rotatable bonds is 6. The first kappa shape index (κ1) is 14.1. The molecule has 19 heavy (non-hydrogen) atoms. The van der Waals surface area contributed by atoms with E-state index in [4.69, 9.17) is 0 Å². The fourth-order valence-corrected chi connectivity index (χ4v) is 2.82. The Bertz CT molecular complexity index is 399. The summed E-state index contributed by atoms with van der Waals surface area (Å²) in [6, 6.07) is 2.05. The van der Waals surface area contributed by atoms with E-state index in [0.29, 0.717) is 0 Å². The summed E-state index contributed by atoms with van der Waals surface area (Å²) in [7, 11) is 4.06. The van der Waals surface area contributed by atoms with Crippen molar-refractivity contribution in [2.45, 2.75) is 45.4 Å². The fraction of sp³-hybridized carbons (Fsp3) is 0.733. The molecule has 2 rings (SSSR count). The van der Waals surface area contributed by atoms with Crippen LogP contribution in [-0.2, 0) is 6.42 Å². The number of aromatic nitrogens is 2. The van der Waals surface area contributed by atoms with Crippen molar-refractivity contribution in [3.05, 3.63) is 11.9 Å². The van der Waals surface area contributed by atoms with Gasteiger partial charge in [0, 0.05) is 33.1 Å². The highest BCUT2D eigenvalue weighted by Crippen LogP contribution is 2.26. The van der Waals surface area contributed by atoms with E-state index in [1.807, 2.05) is 13.1 Å². The van der Waals surface area contributed by atoms with Crippen molar-refractivity contribution in [1.82, 2.24) is 9.97 Å². The van der Waals surface area contributed by atoms with E-state index >= 15 is 0 Å². The monoisotopic (exact) mass is 262 g/mol. The Hall–Kier alpha value is -1.32. The smallest absolute Gasteiger partial charge is 0.134 e. The molecule has 1 aromatic rings. The second kappa shape index (κ2) is 6.73. The molecule has 1 aliphatic rings. The lowest BCUT2D eigenvalue weighted by Gasteiger charge is -2.23. The molecule has 1 saturated carbocycles. The minimum absolute atomic E-state index is 0.840. The van der Waals surface area contributed by atoms with Crippen molar-refractivity contribution in [2.24, 2.45) is 5.92 Å². The molecule has 0 atom stereocenters. The Morgan fingerprint density at radius 1 is 1.32 bits per heavy atom. The molecular formula is C15H26N4. The number of aryl methyl sites for hydroxylation is 1. The van der Waals surface area contributed by atoms with Crippen LogP contribution >= 0.6 is 0 Å². The molecule has 1 fully saturated rings. The number of anilines is 2. The largest absolute Gasteiger partial charge is 0.373 e. The van der Waals surface area contributed by atoms with Crippen LogP contribution in [0.1, 0.15) is 44.9 Å². The van der Waals surface area contributed by atoms with E-state index < -0.39 is 0 Å². The third kappa shape index (κ3) is 3.82. The van der Waals surface area contributed by atoms with Gasteiger partial charge >= 0.3 is 0 Å². The van der Waals surface area contributed by atoms with Crippen molar-refractivity contribution >= 4 is 11.6 Å². The molecular weight excluding hydrogens is 236 g/mol. The van der Waals surface area contributed by atoms with Gasteiger partial charge in [0.05, 0.1) is 0 Å². The molecule has 0 unspecified atom stereocenters. The summed E-state index contributed by atoms with van der Waals surface area (Å²) in [5.74, 6) is 3.76. The van der Waals surface area contributed by atoms with Crippen LogP contribution in [0.15, 0.2) is 6.07 Å². The Labute approximate surface area is 116 Å². The van der Waals surface area contributed by atoms with Gasteiger partial charge in [-0.05, 0) is 25.2 Å². The molecule has 0 aromatic carbocycles. The Kier molecular flexibility index (Phi) is 5.00. The van der Waals surface area contributed by atoms with Gasteiger partial charge in [-0.2, -0.15) is 0 Å². The van der Waals surface area contributed by atoms with E-state index in [2.05, 4.69) is 34.2 Å². The Balaban J connectivity index is 2.09. The maximum atomic E-state index is 4.69. The molecule has 1 N–H and O–H groups in total. The topological polar surface area (TPSA) is 41.1 Å². The minimum Gasteiger partial charge on any atom is -0.373 e. The molecule has 4 nitrogen and oxygen atoms in total. The van der Waals surface area contributed by atoms with Crippen LogP contribution in [0.5, 0.6) is 0 Å². The molecule has 0 spiro atoms. The van der Waals surface area contributed by atoms with Gasteiger partial charge in [0.15, 0.2) is 0 Å². The van der Waals surface area contributed by atoms with Gasteiger partial charge in [-0.15, -0.1) is 0 Å². The van der Waals surface area contributed by atoms with Gasteiger partial charge in [-0.25, -0.2) is 9.97 Å². The van der Waals surface area contributed by atoms with Crippen molar-refractivity contribution in [2.75, 3.05) is 30.9 Å². The minimum atomic E-state index is 0.840. The lowest BCUT2D eigenvalue weighted by atomic mass is 10.1. The van der Waals surface area contributed by atoms with Crippen molar-refractivity contribution in [1.29, 1.82) is 0 Å². The highest BCUT2D eigenvalue weighted by molar-refractivity contribution is 5.48. The first-order valence-electron chi connectivity index (χ1n) is 7.49. The van der Waals surface area contributed by atoms with Crippen LogP contribution in [0, 0.1) is 5.92 Å². The Morgan fingerprint density at radius 3 is 2.68 bits per heavy atom. The standard InChI is InChI=1S/C15H26N4/c1-4-7-13-17-14(16-2)10-15(18-13)19(3)11-12-8-5-6-9-12/h10,12H,4-9,11H2,1-3H3,(H,16,17,18). The molecule has 0 amide bonds. The molecule has 0 radical (unpaired) electrons. The molecule has 1 heterocycles. The van der Waals surface area contributed by atoms with Crippen LogP contribution in [0.2, 0.25) is 0 Å². The zero-order valence-electron chi connectivity index (χ0n) is 12.4. The summed E-state index contributed by atoms with van der Waals surface area (Å²) in [6.07, 6.45) is 7.56. The summed E-state index contributed by atoms with van der Waals surface area (Å²) >= 11 is 0. The molecule has 0 saturated heterocycles. The molecule has 106 valence electrons. The molecule has 1 aromatic heterocycles. The Morgan fingerprint density at radius 2 is 2.05 bits per heavy atom. The fourth-order valence-electron chi connectivity index (χ4n) is 2.82. The van der Waals surface area contributed by atoms with Crippen LogP contribution < -0.4 is 10.2 Å². The van der Waals surface area contributed by atoms with E-state index in [9.17, 15) is 0 Å². The third-order valence-corrected chi connectivity index (χ3v) is 3.89. The number of nitrogens with one attached hydrogen (secondary N) is 1. The number of hydrogen-bond acceptors (Lipinski definition) is 4. The lowest BCUT2D eigenvalue weighted by molar-refractivity contribution is 0.544. The van der Waals surface area contributed by atoms with E-state index in [-0.39, 0.29) is 0 Å². The summed E-state index contributed by atoms with van der Waals surface area (Å²) in [4.78, 5) is 11.5. The highest BCUT2D eigenvalue weighted by Gasteiger charge is 2.18. The van der Waals surface area contributed by atoms with Gasteiger partial charge < -0.3 is 10.2 Å². The van der Waals surface area contributed by atoms with E-state index in [1.165, 1.54) is 25.7 Å². The van der Waals surface area contributed by atoms with E-state index in [1.54, 1.807) is 0 Å². The first-order valence-corrected chi connectivity index (χ1v) is 7.49. The van der Waals surface area contributed by atoms with Crippen LogP contribution in [0.4, 0.5) is 11.6 Å². The summed E-state index contributed by atoms with van der Waals surface area (Å²) in [5, 5.41) is 3.14. The zero-order chi connectivity index (χ0) is 13.7. The van der Waals surface area contributed by atoms with Crippen molar-refractivity contribution in [3.63, 3.8) is 0 Å². The second-order valence-electron chi connectivity index (χ2n) is 5.56. The second-order valence-corrected chi connectivity index (χ2v) is 5.56. The van der Waals surface area contributed by atoms with Gasteiger partial charge in [0.2, 0.25) is 0 Å². The SMILES string of the molecule is CCCc1nc(NC)cc(N(C)CC2CCCC2)n1. The maximum absolute atomic E-state index is 4.69. The van der Waals surface area contributed by atoms with Crippen molar-refractivity contribution < 1.29 is 0 Å². The third-order valence-electron chi connectivity index (χ3n) is 3.89.